The molecule has 1 unspecified atom stereocenters. The number of likely N-dealkylation sites (N-methyl/N-ethyl adjacent to an activating group) is 1. The Kier molecular flexibility index (Phi) is 8.89. The van der Waals surface area contributed by atoms with Gasteiger partial charge in [-0.15, -0.1) is 0 Å². The van der Waals surface area contributed by atoms with E-state index in [9.17, 15) is 0 Å². The van der Waals surface area contributed by atoms with Crippen LogP contribution in [0.25, 0.3) is 0 Å². The van der Waals surface area contributed by atoms with Gasteiger partial charge in [0.2, 0.25) is 0 Å². The molecule has 4 nitrogen and oxygen atoms in total. The van der Waals surface area contributed by atoms with E-state index >= 15 is 0 Å². The largest absolute Gasteiger partial charge is 0.497 e. The zero-order valence-corrected chi connectivity index (χ0v) is 17.1. The summed E-state index contributed by atoms with van der Waals surface area (Å²) in [6.07, 6.45) is 6.56. The van der Waals surface area contributed by atoms with Gasteiger partial charge in [0.15, 0.2) is 5.79 Å². The van der Waals surface area contributed by atoms with Crippen molar-refractivity contribution in [2.24, 2.45) is 0 Å². The minimum Gasteiger partial charge on any atom is -0.497 e. The third kappa shape index (κ3) is 6.26. The van der Waals surface area contributed by atoms with E-state index in [4.69, 9.17) is 14.2 Å². The lowest BCUT2D eigenvalue weighted by Crippen LogP contribution is -2.37. The van der Waals surface area contributed by atoms with Crippen LogP contribution in [0.2, 0.25) is 0 Å². The predicted octanol–water partition coefficient (Wildman–Crippen LogP) is 4.66. The lowest BCUT2D eigenvalue weighted by molar-refractivity contribution is -0.169. The number of hydrogen-bond donors (Lipinski definition) is 0. The third-order valence-electron chi connectivity index (χ3n) is 5.45. The van der Waals surface area contributed by atoms with Crippen LogP contribution in [0.4, 0.5) is 0 Å². The molecule has 0 radical (unpaired) electrons. The van der Waals surface area contributed by atoms with Crippen LogP contribution in [0, 0.1) is 0 Å². The number of rotatable bonds is 12. The Morgan fingerprint density at radius 1 is 1.08 bits per heavy atom. The van der Waals surface area contributed by atoms with E-state index in [0.717, 1.165) is 57.7 Å². The average molecular weight is 364 g/mol. The molecular formula is C22H37NO3. The maximum Gasteiger partial charge on any atom is 0.168 e. The Morgan fingerprint density at radius 3 is 2.31 bits per heavy atom. The summed E-state index contributed by atoms with van der Waals surface area (Å²) in [5.41, 5.74) is 1.36. The first-order valence-electron chi connectivity index (χ1n) is 10.3. The number of unbranched alkanes of at least 4 members (excludes halogenated alkanes) is 1. The molecular weight excluding hydrogens is 326 g/mol. The normalized spacial score (nSPS) is 17.6. The van der Waals surface area contributed by atoms with Crippen LogP contribution in [-0.4, -0.2) is 50.1 Å². The zero-order chi connectivity index (χ0) is 18.8. The third-order valence-corrected chi connectivity index (χ3v) is 5.45. The Hall–Kier alpha value is -1.10. The fourth-order valence-corrected chi connectivity index (χ4v) is 3.83. The van der Waals surface area contributed by atoms with Gasteiger partial charge in [0.05, 0.1) is 20.3 Å². The Balaban J connectivity index is 1.81. The van der Waals surface area contributed by atoms with Gasteiger partial charge in [0.1, 0.15) is 5.75 Å². The van der Waals surface area contributed by atoms with Crippen molar-refractivity contribution in [3.8, 4) is 5.75 Å². The monoisotopic (exact) mass is 363 g/mol. The summed E-state index contributed by atoms with van der Waals surface area (Å²) in [6.45, 7) is 10.4. The molecule has 0 aliphatic carbocycles. The fourth-order valence-electron chi connectivity index (χ4n) is 3.83. The van der Waals surface area contributed by atoms with Crippen LogP contribution in [0.3, 0.4) is 0 Å². The molecule has 26 heavy (non-hydrogen) atoms. The lowest BCUT2D eigenvalue weighted by Gasteiger charge is -2.31. The van der Waals surface area contributed by atoms with Gasteiger partial charge in [0, 0.05) is 18.9 Å². The van der Waals surface area contributed by atoms with Gasteiger partial charge in [-0.05, 0) is 57.0 Å². The molecule has 148 valence electrons. The summed E-state index contributed by atoms with van der Waals surface area (Å²) in [5.74, 6) is 0.608. The molecule has 0 bridgehead atoms. The van der Waals surface area contributed by atoms with Gasteiger partial charge in [-0.3, -0.25) is 0 Å². The van der Waals surface area contributed by atoms with Crippen LogP contribution in [0.1, 0.15) is 58.4 Å². The highest BCUT2D eigenvalue weighted by Crippen LogP contribution is 2.30. The highest BCUT2D eigenvalue weighted by Gasteiger charge is 2.35. The summed E-state index contributed by atoms with van der Waals surface area (Å²) < 4.78 is 17.2. The lowest BCUT2D eigenvalue weighted by atomic mass is 10.0. The quantitative estimate of drug-likeness (QED) is 0.540. The van der Waals surface area contributed by atoms with Crippen molar-refractivity contribution in [3.63, 3.8) is 0 Å². The van der Waals surface area contributed by atoms with Gasteiger partial charge in [-0.1, -0.05) is 32.4 Å². The standard InChI is InChI=1S/C22H37NO3/c1-5-7-13-22(25-16-17-26-22)14-8-15-23(6-2)19(3)18-20-9-11-21(24-4)12-10-20/h9-12,19H,5-8,13-18H2,1-4H3. The molecule has 1 atom stereocenters. The molecule has 1 saturated heterocycles. The van der Waals surface area contributed by atoms with E-state index in [1.807, 2.05) is 12.1 Å². The second-order valence-corrected chi connectivity index (χ2v) is 7.34. The van der Waals surface area contributed by atoms with Gasteiger partial charge in [0.25, 0.3) is 0 Å². The van der Waals surface area contributed by atoms with Crippen LogP contribution < -0.4 is 4.74 Å². The van der Waals surface area contributed by atoms with E-state index in [0.29, 0.717) is 6.04 Å². The Bertz CT molecular complexity index is 497. The Labute approximate surface area is 159 Å². The number of nitrogens with zero attached hydrogens (tertiary/aromatic N) is 1. The number of hydrogen-bond acceptors (Lipinski definition) is 4. The van der Waals surface area contributed by atoms with Crippen molar-refractivity contribution < 1.29 is 14.2 Å². The van der Waals surface area contributed by atoms with Gasteiger partial charge < -0.3 is 19.1 Å². The van der Waals surface area contributed by atoms with Crippen molar-refractivity contribution in [1.82, 2.24) is 4.90 Å². The molecule has 0 amide bonds. The van der Waals surface area contributed by atoms with Crippen LogP contribution in [0.15, 0.2) is 24.3 Å². The first-order valence-corrected chi connectivity index (χ1v) is 10.3. The van der Waals surface area contributed by atoms with E-state index in [-0.39, 0.29) is 5.79 Å². The van der Waals surface area contributed by atoms with Crippen LogP contribution in [0.5, 0.6) is 5.75 Å². The van der Waals surface area contributed by atoms with Crippen molar-refractivity contribution in [2.45, 2.75) is 71.1 Å². The Morgan fingerprint density at radius 2 is 1.73 bits per heavy atom. The molecule has 0 spiro atoms. The van der Waals surface area contributed by atoms with E-state index in [1.165, 1.54) is 18.4 Å². The smallest absolute Gasteiger partial charge is 0.168 e. The number of ether oxygens (including phenoxy) is 3. The summed E-state index contributed by atoms with van der Waals surface area (Å²) >= 11 is 0. The molecule has 1 aliphatic rings. The van der Waals surface area contributed by atoms with Crippen molar-refractivity contribution >= 4 is 0 Å². The summed E-state index contributed by atoms with van der Waals surface area (Å²) in [6, 6.07) is 8.95. The van der Waals surface area contributed by atoms with E-state index in [2.05, 4.69) is 37.8 Å². The summed E-state index contributed by atoms with van der Waals surface area (Å²) in [7, 11) is 1.71. The molecule has 2 rings (SSSR count). The highest BCUT2D eigenvalue weighted by atomic mass is 16.7. The summed E-state index contributed by atoms with van der Waals surface area (Å²) in [4.78, 5) is 2.56. The first kappa shape index (κ1) is 21.2. The maximum atomic E-state index is 5.98. The SMILES string of the molecule is CCCCC1(CCCN(CC)C(C)Cc2ccc(OC)cc2)OCCO1. The molecule has 1 aromatic rings. The molecule has 1 heterocycles. The molecule has 4 heteroatoms. The fraction of sp³-hybridized carbons (Fsp3) is 0.727. The van der Waals surface area contributed by atoms with E-state index in [1.54, 1.807) is 7.11 Å². The maximum absolute atomic E-state index is 5.98. The minimum absolute atomic E-state index is 0.311. The number of benzene rings is 1. The second kappa shape index (κ2) is 10.9. The molecule has 0 N–H and O–H groups in total. The van der Waals surface area contributed by atoms with Crippen LogP contribution >= 0.6 is 0 Å². The highest BCUT2D eigenvalue weighted by molar-refractivity contribution is 5.27. The van der Waals surface area contributed by atoms with Crippen molar-refractivity contribution in [2.75, 3.05) is 33.4 Å². The topological polar surface area (TPSA) is 30.9 Å². The molecule has 1 fully saturated rings. The van der Waals surface area contributed by atoms with Gasteiger partial charge >= 0.3 is 0 Å². The minimum atomic E-state index is -0.311. The second-order valence-electron chi connectivity index (χ2n) is 7.34. The molecule has 0 saturated carbocycles. The first-order chi connectivity index (χ1) is 12.6. The van der Waals surface area contributed by atoms with Gasteiger partial charge in [-0.2, -0.15) is 0 Å². The molecule has 1 aliphatic heterocycles. The van der Waals surface area contributed by atoms with E-state index < -0.39 is 0 Å². The zero-order valence-electron chi connectivity index (χ0n) is 17.1. The summed E-state index contributed by atoms with van der Waals surface area (Å²) in [5, 5.41) is 0. The van der Waals surface area contributed by atoms with Gasteiger partial charge in [-0.25, -0.2) is 0 Å². The van der Waals surface area contributed by atoms with Crippen LogP contribution in [-0.2, 0) is 15.9 Å². The van der Waals surface area contributed by atoms with Crippen molar-refractivity contribution in [1.29, 1.82) is 0 Å². The van der Waals surface area contributed by atoms with Crippen molar-refractivity contribution in [3.05, 3.63) is 29.8 Å². The molecule has 0 aromatic heterocycles. The average Bonchev–Trinajstić information content (AvgIpc) is 3.13. The molecule has 1 aromatic carbocycles. The predicted molar refractivity (Wildman–Crippen MR) is 107 cm³/mol. The number of methoxy groups -OCH3 is 1.